The van der Waals surface area contributed by atoms with Crippen molar-refractivity contribution in [2.24, 2.45) is 0 Å². The number of rotatable bonds is 45. The Hall–Kier alpha value is -1.51. The van der Waals surface area contributed by atoms with E-state index >= 15 is 0 Å². The Labute approximate surface area is 358 Å². The molecule has 0 aliphatic rings. The van der Waals surface area contributed by atoms with E-state index in [4.69, 9.17) is 18.5 Å². The highest BCUT2D eigenvalue weighted by atomic mass is 31.2. The summed E-state index contributed by atoms with van der Waals surface area (Å²) in [6.45, 7) is 5.77. The van der Waals surface area contributed by atoms with Gasteiger partial charge in [0.1, 0.15) is 19.8 Å². The zero-order valence-electron chi connectivity index (χ0n) is 38.3. The second kappa shape index (κ2) is 40.9. The van der Waals surface area contributed by atoms with Gasteiger partial charge in [-0.3, -0.25) is 14.2 Å². The standard InChI is InChI=1S/C48H92NO8P/c1-6-8-10-12-14-16-18-20-22-23-24-25-27-28-30-32-34-36-38-40-47(50)54-44-46(45-56-58(52,53)55-43-42-49(3,4)5)57-48(51)41-39-37-35-33-31-29-26-21-19-17-15-13-11-9-7-2/h7,20,22,46H,2,6,8-19,21,23-45H2,1,3-5H3/b22-20+/t46-/m1/s1. The van der Waals surface area contributed by atoms with Gasteiger partial charge >= 0.3 is 11.9 Å². The summed E-state index contributed by atoms with van der Waals surface area (Å²) in [6, 6.07) is 0. The summed E-state index contributed by atoms with van der Waals surface area (Å²) in [5.74, 6) is -0.831. The van der Waals surface area contributed by atoms with Crippen LogP contribution in [0.3, 0.4) is 0 Å². The van der Waals surface area contributed by atoms with Crippen LogP contribution >= 0.6 is 7.82 Å². The molecule has 0 heterocycles. The first-order valence-electron chi connectivity index (χ1n) is 24.0. The summed E-state index contributed by atoms with van der Waals surface area (Å²) in [5.41, 5.74) is 0. The number of hydrogen-bond acceptors (Lipinski definition) is 8. The number of allylic oxidation sites excluding steroid dienone is 3. The van der Waals surface area contributed by atoms with E-state index in [1.165, 1.54) is 148 Å². The number of hydrogen-bond donors (Lipinski definition) is 0. The summed E-state index contributed by atoms with van der Waals surface area (Å²) in [4.78, 5) is 37.6. The number of phosphoric acid groups is 1. The van der Waals surface area contributed by atoms with E-state index in [1.54, 1.807) is 0 Å². The number of ether oxygens (including phenoxy) is 2. The SMILES string of the molecule is C=CCCCCCCCCCCCCCCCC(=O)O[C@H](COC(=O)CCCCCCCCCCC/C=C/CCCCCCCC)COP(=O)([O-])OCC[N+](C)(C)C. The highest BCUT2D eigenvalue weighted by Crippen LogP contribution is 2.38. The van der Waals surface area contributed by atoms with Crippen LogP contribution in [-0.4, -0.2) is 70.0 Å². The Morgan fingerprint density at radius 1 is 0.569 bits per heavy atom. The van der Waals surface area contributed by atoms with E-state index in [1.807, 2.05) is 27.2 Å². The Kier molecular flexibility index (Phi) is 39.8. The number of likely N-dealkylation sites (N-methyl/N-ethyl adjacent to an activating group) is 1. The van der Waals surface area contributed by atoms with Crippen LogP contribution in [0.1, 0.15) is 219 Å². The second-order valence-corrected chi connectivity index (χ2v) is 19.0. The Bertz CT molecular complexity index is 1030. The molecule has 0 aromatic heterocycles. The van der Waals surface area contributed by atoms with Crippen LogP contribution < -0.4 is 4.89 Å². The summed E-state index contributed by atoms with van der Waals surface area (Å²) in [5, 5.41) is 0. The van der Waals surface area contributed by atoms with Crippen molar-refractivity contribution >= 4 is 19.8 Å². The summed E-state index contributed by atoms with van der Waals surface area (Å²) < 4.78 is 34.0. The van der Waals surface area contributed by atoms with Gasteiger partial charge in [0.25, 0.3) is 7.82 Å². The topological polar surface area (TPSA) is 111 Å². The van der Waals surface area contributed by atoms with E-state index in [-0.39, 0.29) is 32.0 Å². The van der Waals surface area contributed by atoms with Crippen molar-refractivity contribution < 1.29 is 42.1 Å². The van der Waals surface area contributed by atoms with Gasteiger partial charge in [-0.1, -0.05) is 173 Å². The van der Waals surface area contributed by atoms with Crippen LogP contribution in [0, 0.1) is 0 Å². The molecule has 0 saturated carbocycles. The maximum Gasteiger partial charge on any atom is 0.306 e. The maximum absolute atomic E-state index is 12.7. The van der Waals surface area contributed by atoms with Crippen LogP contribution in [0.15, 0.2) is 24.8 Å². The molecule has 0 saturated heterocycles. The van der Waals surface area contributed by atoms with E-state index in [0.717, 1.165) is 44.9 Å². The molecule has 0 fully saturated rings. The molecule has 1 unspecified atom stereocenters. The van der Waals surface area contributed by atoms with Gasteiger partial charge in [0.15, 0.2) is 6.10 Å². The lowest BCUT2D eigenvalue weighted by molar-refractivity contribution is -0.870. The van der Waals surface area contributed by atoms with E-state index in [2.05, 4.69) is 25.7 Å². The highest BCUT2D eigenvalue weighted by molar-refractivity contribution is 7.45. The molecule has 0 bridgehead atoms. The van der Waals surface area contributed by atoms with Gasteiger partial charge in [-0.25, -0.2) is 0 Å². The molecule has 2 atom stereocenters. The molecule has 0 amide bonds. The van der Waals surface area contributed by atoms with Gasteiger partial charge in [0.2, 0.25) is 0 Å². The fourth-order valence-electron chi connectivity index (χ4n) is 6.81. The predicted octanol–water partition coefficient (Wildman–Crippen LogP) is 13.3. The Balaban J connectivity index is 4.25. The van der Waals surface area contributed by atoms with Gasteiger partial charge in [0.05, 0.1) is 27.7 Å². The van der Waals surface area contributed by atoms with Crippen molar-refractivity contribution in [3.63, 3.8) is 0 Å². The monoisotopic (exact) mass is 842 g/mol. The molecule has 10 heteroatoms. The normalized spacial score (nSPS) is 13.5. The number of nitrogens with zero attached hydrogens (tertiary/aromatic N) is 1. The third-order valence-corrected chi connectivity index (χ3v) is 11.6. The van der Waals surface area contributed by atoms with Crippen LogP contribution in [0.25, 0.3) is 0 Å². The summed E-state index contributed by atoms with van der Waals surface area (Å²) in [7, 11) is 1.17. The molecule has 0 radical (unpaired) electrons. The van der Waals surface area contributed by atoms with Crippen molar-refractivity contribution in [3.8, 4) is 0 Å². The lowest BCUT2D eigenvalue weighted by atomic mass is 10.0. The van der Waals surface area contributed by atoms with Crippen LogP contribution in [-0.2, 0) is 32.7 Å². The summed E-state index contributed by atoms with van der Waals surface area (Å²) in [6.07, 6.45) is 43.8. The number of quaternary nitrogens is 1. The van der Waals surface area contributed by atoms with Crippen molar-refractivity contribution in [3.05, 3.63) is 24.8 Å². The van der Waals surface area contributed by atoms with Crippen LogP contribution in [0.5, 0.6) is 0 Å². The van der Waals surface area contributed by atoms with Crippen molar-refractivity contribution in [1.29, 1.82) is 0 Å². The largest absolute Gasteiger partial charge is 0.756 e. The lowest BCUT2D eigenvalue weighted by Crippen LogP contribution is -2.37. The predicted molar refractivity (Wildman–Crippen MR) is 241 cm³/mol. The molecule has 9 nitrogen and oxygen atoms in total. The fraction of sp³-hybridized carbons (Fsp3) is 0.875. The quantitative estimate of drug-likeness (QED) is 0.0196. The first kappa shape index (κ1) is 56.5. The molecule has 0 rings (SSSR count). The van der Waals surface area contributed by atoms with Gasteiger partial charge < -0.3 is 27.9 Å². The maximum atomic E-state index is 12.7. The number of esters is 2. The molecule has 0 aromatic rings. The number of carbonyl (C=O) groups is 2. The molecule has 0 spiro atoms. The van der Waals surface area contributed by atoms with Crippen LogP contribution in [0.4, 0.5) is 0 Å². The zero-order chi connectivity index (χ0) is 42.8. The minimum Gasteiger partial charge on any atom is -0.756 e. The van der Waals surface area contributed by atoms with Gasteiger partial charge in [-0.2, -0.15) is 0 Å². The fourth-order valence-corrected chi connectivity index (χ4v) is 7.54. The van der Waals surface area contributed by atoms with Crippen molar-refractivity contribution in [1.82, 2.24) is 0 Å². The lowest BCUT2D eigenvalue weighted by Gasteiger charge is -2.28. The summed E-state index contributed by atoms with van der Waals surface area (Å²) >= 11 is 0. The van der Waals surface area contributed by atoms with Gasteiger partial charge in [0, 0.05) is 12.8 Å². The molecular weight excluding hydrogens is 750 g/mol. The molecular formula is C48H92NO8P. The Morgan fingerprint density at radius 3 is 1.40 bits per heavy atom. The Morgan fingerprint density at radius 2 is 0.966 bits per heavy atom. The minimum absolute atomic E-state index is 0.0301. The number of carbonyl (C=O) groups excluding carboxylic acids is 2. The number of unbranched alkanes of at least 4 members (excludes halogenated alkanes) is 28. The molecule has 342 valence electrons. The molecule has 0 N–H and O–H groups in total. The first-order chi connectivity index (χ1) is 28.0. The van der Waals surface area contributed by atoms with Crippen LogP contribution in [0.2, 0.25) is 0 Å². The van der Waals surface area contributed by atoms with Crippen molar-refractivity contribution in [2.75, 3.05) is 47.5 Å². The smallest absolute Gasteiger partial charge is 0.306 e. The third-order valence-electron chi connectivity index (χ3n) is 10.6. The minimum atomic E-state index is -4.62. The highest BCUT2D eigenvalue weighted by Gasteiger charge is 2.21. The van der Waals surface area contributed by atoms with Crippen molar-refractivity contribution in [2.45, 2.75) is 225 Å². The van der Waals surface area contributed by atoms with E-state index < -0.39 is 26.5 Å². The number of phosphoric ester groups is 1. The van der Waals surface area contributed by atoms with E-state index in [0.29, 0.717) is 17.4 Å². The average molecular weight is 842 g/mol. The molecule has 0 aliphatic carbocycles. The zero-order valence-corrected chi connectivity index (χ0v) is 39.2. The molecule has 0 aromatic carbocycles. The van der Waals surface area contributed by atoms with Gasteiger partial charge in [-0.05, 0) is 51.4 Å². The molecule has 0 aliphatic heterocycles. The molecule has 58 heavy (non-hydrogen) atoms. The average Bonchev–Trinajstić information content (AvgIpc) is 3.17. The first-order valence-corrected chi connectivity index (χ1v) is 25.5. The third kappa shape index (κ3) is 44.1. The van der Waals surface area contributed by atoms with E-state index in [9.17, 15) is 19.0 Å². The second-order valence-electron chi connectivity index (χ2n) is 17.6. The van der Waals surface area contributed by atoms with Gasteiger partial charge in [-0.15, -0.1) is 6.58 Å².